The monoisotopic (exact) mass is 287 g/mol. The maximum absolute atomic E-state index is 12.3. The summed E-state index contributed by atoms with van der Waals surface area (Å²) in [4.78, 5) is 15.6. The van der Waals surface area contributed by atoms with Crippen LogP contribution in [0.2, 0.25) is 13.1 Å². The molecule has 0 saturated carbocycles. The second-order valence-electron chi connectivity index (χ2n) is 5.41. The summed E-state index contributed by atoms with van der Waals surface area (Å²) in [5, 5.41) is 1.46. The summed E-state index contributed by atoms with van der Waals surface area (Å²) in [6.07, 6.45) is 6.46. The molecule has 104 valence electrons. The Morgan fingerprint density at radius 1 is 1.19 bits per heavy atom. The molecule has 0 aliphatic heterocycles. The number of hydrogen-bond donors (Lipinski definition) is 1. The zero-order valence-electron chi connectivity index (χ0n) is 11.9. The molecule has 1 aromatic rings. The van der Waals surface area contributed by atoms with E-state index in [1.165, 1.54) is 10.8 Å². The Morgan fingerprint density at radius 3 is 2.38 bits per heavy atom. The van der Waals surface area contributed by atoms with E-state index in [9.17, 15) is 4.79 Å². The van der Waals surface area contributed by atoms with Crippen LogP contribution in [-0.4, -0.2) is 51.9 Å². The molecule has 0 saturated heterocycles. The summed E-state index contributed by atoms with van der Waals surface area (Å²) >= 11 is 0. The third kappa shape index (κ3) is 5.06. The van der Waals surface area contributed by atoms with Crippen molar-refractivity contribution in [1.82, 2.24) is 4.98 Å². The number of allylic oxidation sites excluding steroid dienone is 4. The van der Waals surface area contributed by atoms with Gasteiger partial charge in [0.1, 0.15) is 0 Å². The van der Waals surface area contributed by atoms with Gasteiger partial charge >= 0.3 is 37.7 Å². The fourth-order valence-electron chi connectivity index (χ4n) is 2.56. The zero-order valence-corrected chi connectivity index (χ0v) is 12.9. The van der Waals surface area contributed by atoms with Crippen LogP contribution in [0.3, 0.4) is 0 Å². The van der Waals surface area contributed by atoms with Gasteiger partial charge in [-0.1, -0.05) is 48.0 Å². The summed E-state index contributed by atoms with van der Waals surface area (Å²) < 4.78 is 0. The van der Waals surface area contributed by atoms with E-state index in [4.69, 9.17) is 0 Å². The molecule has 0 atom stereocenters. The van der Waals surface area contributed by atoms with Crippen LogP contribution in [0.5, 0.6) is 0 Å². The fourth-order valence-corrected chi connectivity index (χ4v) is 5.11. The topological polar surface area (TPSA) is 29.1 Å². The molecule has 1 aliphatic rings. The number of nitrogens with one attached hydrogen (secondary N) is 1. The number of amides is 1. The Balaban J connectivity index is 0.00000200. The minimum absolute atomic E-state index is 0. The molecule has 21 heavy (non-hydrogen) atoms. The van der Waals surface area contributed by atoms with Crippen LogP contribution in [-0.2, 0) is 0 Å². The standard InChI is InChI=1S/C16H21NOSi.2Li.2H/c1-4-13-11-8-12-15(13)19(2,3)17-16(18)14-9-6-5-7-10-14;;;;/h5-11H,4,12H2,1-3H3,(H,17,18);;;;. The molecule has 1 aliphatic carbocycles. The second-order valence-corrected chi connectivity index (χ2v) is 9.51. The Bertz CT molecular complexity index is 538. The van der Waals surface area contributed by atoms with Crippen molar-refractivity contribution in [2.45, 2.75) is 32.9 Å². The molecule has 1 N–H and O–H groups in total. The first-order valence-corrected chi connectivity index (χ1v) is 9.81. The van der Waals surface area contributed by atoms with Crippen molar-refractivity contribution in [3.8, 4) is 0 Å². The van der Waals surface area contributed by atoms with E-state index in [1.54, 1.807) is 0 Å². The molecule has 1 amide bonds. The summed E-state index contributed by atoms with van der Waals surface area (Å²) in [7, 11) is -1.88. The van der Waals surface area contributed by atoms with Crippen LogP contribution in [0, 0.1) is 0 Å². The Kier molecular flexibility index (Phi) is 8.71. The molecule has 0 unspecified atom stereocenters. The molecule has 1 aromatic carbocycles. The van der Waals surface area contributed by atoms with Crippen molar-refractivity contribution in [2.75, 3.05) is 0 Å². The molecule has 0 fully saturated rings. The van der Waals surface area contributed by atoms with Crippen molar-refractivity contribution in [3.63, 3.8) is 0 Å². The quantitative estimate of drug-likeness (QED) is 0.847. The first-order valence-electron chi connectivity index (χ1n) is 6.81. The van der Waals surface area contributed by atoms with Gasteiger partial charge in [-0.2, -0.15) is 0 Å². The van der Waals surface area contributed by atoms with E-state index < -0.39 is 8.24 Å². The summed E-state index contributed by atoms with van der Waals surface area (Å²) in [5.41, 5.74) is 2.15. The molecule has 0 spiro atoms. The van der Waals surface area contributed by atoms with Crippen molar-refractivity contribution in [3.05, 3.63) is 58.8 Å². The Hall–Kier alpha value is -0.418. The number of rotatable bonds is 4. The first-order chi connectivity index (χ1) is 9.04. The van der Waals surface area contributed by atoms with Gasteiger partial charge < -0.3 is 4.98 Å². The number of hydrogen-bond acceptors (Lipinski definition) is 1. The van der Waals surface area contributed by atoms with Gasteiger partial charge in [0.05, 0.1) is 0 Å². The van der Waals surface area contributed by atoms with Gasteiger partial charge in [0.2, 0.25) is 5.91 Å². The molecule has 0 radical (unpaired) electrons. The summed E-state index contributed by atoms with van der Waals surface area (Å²) in [5.74, 6) is 0.0483. The summed E-state index contributed by atoms with van der Waals surface area (Å²) in [6, 6.07) is 9.45. The van der Waals surface area contributed by atoms with Crippen LogP contribution in [0.15, 0.2) is 53.3 Å². The molecule has 0 bridgehead atoms. The average molecular weight is 287 g/mol. The van der Waals surface area contributed by atoms with Gasteiger partial charge in [-0.3, -0.25) is 4.79 Å². The van der Waals surface area contributed by atoms with Crippen molar-refractivity contribution >= 4 is 51.9 Å². The van der Waals surface area contributed by atoms with Gasteiger partial charge in [0, 0.05) is 5.56 Å². The van der Waals surface area contributed by atoms with E-state index in [0.717, 1.165) is 18.4 Å². The normalized spacial score (nSPS) is 13.5. The second kappa shape index (κ2) is 8.89. The zero-order chi connectivity index (χ0) is 13.9. The molecule has 2 nitrogen and oxygen atoms in total. The average Bonchev–Trinajstić information content (AvgIpc) is 2.88. The number of carbonyl (C=O) groups excluding carboxylic acids is 1. The molecular weight excluding hydrogens is 264 g/mol. The van der Waals surface area contributed by atoms with Gasteiger partial charge in [-0.15, -0.1) is 0 Å². The Labute approximate surface area is 152 Å². The molecule has 5 heteroatoms. The van der Waals surface area contributed by atoms with E-state index in [-0.39, 0.29) is 43.6 Å². The number of carbonyl (C=O) groups is 1. The van der Waals surface area contributed by atoms with Crippen LogP contribution in [0.25, 0.3) is 0 Å². The number of benzene rings is 1. The maximum atomic E-state index is 12.3. The van der Waals surface area contributed by atoms with E-state index in [2.05, 4.69) is 37.2 Å². The minimum atomic E-state index is -1.88. The van der Waals surface area contributed by atoms with Crippen LogP contribution < -0.4 is 4.98 Å². The Morgan fingerprint density at radius 2 is 1.81 bits per heavy atom. The predicted octanol–water partition coefficient (Wildman–Crippen LogP) is 2.53. The van der Waals surface area contributed by atoms with E-state index in [0.29, 0.717) is 0 Å². The molecule has 0 heterocycles. The van der Waals surface area contributed by atoms with Crippen molar-refractivity contribution in [1.29, 1.82) is 0 Å². The molecular formula is C16H23Li2NOSi. The van der Waals surface area contributed by atoms with Crippen LogP contribution in [0.1, 0.15) is 30.1 Å². The van der Waals surface area contributed by atoms with Crippen LogP contribution >= 0.6 is 0 Å². The van der Waals surface area contributed by atoms with Crippen molar-refractivity contribution in [2.24, 2.45) is 0 Å². The van der Waals surface area contributed by atoms with E-state index in [1.807, 2.05) is 30.3 Å². The van der Waals surface area contributed by atoms with Gasteiger partial charge in [-0.25, -0.2) is 0 Å². The molecule has 0 aromatic heterocycles. The fraction of sp³-hybridized carbons (Fsp3) is 0.312. The van der Waals surface area contributed by atoms with Gasteiger partial charge in [-0.05, 0) is 38.1 Å². The van der Waals surface area contributed by atoms with Crippen LogP contribution in [0.4, 0.5) is 0 Å². The summed E-state index contributed by atoms with van der Waals surface area (Å²) in [6.45, 7) is 6.60. The van der Waals surface area contributed by atoms with E-state index >= 15 is 0 Å². The third-order valence-corrected chi connectivity index (χ3v) is 6.51. The predicted molar refractivity (Wildman–Crippen MR) is 96.8 cm³/mol. The SMILES string of the molecule is CCC1=C([Si](C)(C)NC(=O)c2ccccc2)CC=C1.[LiH].[LiH]. The first kappa shape index (κ1) is 20.6. The third-order valence-electron chi connectivity index (χ3n) is 3.63. The van der Waals surface area contributed by atoms with Gasteiger partial charge in [0.15, 0.2) is 8.24 Å². The van der Waals surface area contributed by atoms with Crippen molar-refractivity contribution < 1.29 is 4.79 Å². The van der Waals surface area contributed by atoms with Gasteiger partial charge in [0.25, 0.3) is 0 Å². The molecule has 2 rings (SSSR count).